The summed E-state index contributed by atoms with van der Waals surface area (Å²) < 4.78 is 0. The monoisotopic (exact) mass is 260 g/mol. The lowest BCUT2D eigenvalue weighted by molar-refractivity contribution is 0.883. The van der Waals surface area contributed by atoms with Crippen molar-refractivity contribution in [1.29, 1.82) is 0 Å². The molecule has 1 unspecified atom stereocenters. The van der Waals surface area contributed by atoms with Crippen LogP contribution in [-0.4, -0.2) is 0 Å². The molecule has 2 nitrogen and oxygen atoms in total. The number of nitrogens with one attached hydrogen (secondary N) is 1. The minimum Gasteiger partial charge on any atom is -0.398 e. The average Bonchev–Trinajstić information content (AvgIpc) is 2.36. The predicted molar refractivity (Wildman–Crippen MR) is 79.1 cm³/mol. The number of hydrogen-bond donors (Lipinski definition) is 2. The molecule has 0 saturated carbocycles. The molecule has 0 aliphatic heterocycles. The van der Waals surface area contributed by atoms with E-state index in [4.69, 9.17) is 17.3 Å². The molecule has 2 rings (SSSR count). The van der Waals surface area contributed by atoms with Gasteiger partial charge in [-0.05, 0) is 49.2 Å². The summed E-state index contributed by atoms with van der Waals surface area (Å²) >= 11 is 5.89. The van der Waals surface area contributed by atoms with E-state index in [2.05, 4.69) is 12.2 Å². The Morgan fingerprint density at radius 1 is 1.11 bits per heavy atom. The third kappa shape index (κ3) is 2.77. The zero-order valence-corrected chi connectivity index (χ0v) is 11.3. The fourth-order valence-corrected chi connectivity index (χ4v) is 2.00. The highest BCUT2D eigenvalue weighted by atomic mass is 35.5. The Labute approximate surface area is 113 Å². The fraction of sp³-hybridized carbons (Fsp3) is 0.200. The third-order valence-corrected chi connectivity index (χ3v) is 3.37. The molecule has 1 atom stereocenters. The first-order valence-electron chi connectivity index (χ1n) is 5.95. The molecule has 0 aliphatic rings. The Morgan fingerprint density at radius 2 is 1.78 bits per heavy atom. The third-order valence-electron chi connectivity index (χ3n) is 3.12. The number of benzene rings is 2. The quantitative estimate of drug-likeness (QED) is 0.803. The van der Waals surface area contributed by atoms with Crippen LogP contribution >= 0.6 is 11.6 Å². The maximum absolute atomic E-state index is 5.90. The first-order valence-corrected chi connectivity index (χ1v) is 6.33. The maximum atomic E-state index is 5.90. The Morgan fingerprint density at radius 3 is 2.44 bits per heavy atom. The number of rotatable bonds is 3. The van der Waals surface area contributed by atoms with Gasteiger partial charge in [0.05, 0.1) is 0 Å². The largest absolute Gasteiger partial charge is 0.398 e. The van der Waals surface area contributed by atoms with Crippen LogP contribution in [0.15, 0.2) is 42.5 Å². The van der Waals surface area contributed by atoms with Gasteiger partial charge in [-0.2, -0.15) is 0 Å². The summed E-state index contributed by atoms with van der Waals surface area (Å²) in [5.41, 5.74) is 10.1. The summed E-state index contributed by atoms with van der Waals surface area (Å²) in [6, 6.07) is 14.0. The highest BCUT2D eigenvalue weighted by Gasteiger charge is 2.07. The van der Waals surface area contributed by atoms with Crippen molar-refractivity contribution in [3.63, 3.8) is 0 Å². The molecular weight excluding hydrogens is 244 g/mol. The second-order valence-electron chi connectivity index (χ2n) is 4.44. The van der Waals surface area contributed by atoms with Crippen LogP contribution in [0.25, 0.3) is 0 Å². The normalized spacial score (nSPS) is 12.2. The topological polar surface area (TPSA) is 38.0 Å². The summed E-state index contributed by atoms with van der Waals surface area (Å²) in [6.45, 7) is 4.14. The van der Waals surface area contributed by atoms with E-state index >= 15 is 0 Å². The number of hydrogen-bond acceptors (Lipinski definition) is 2. The SMILES string of the molecule is Cc1c(N)cccc1NC(C)c1ccc(Cl)cc1. The molecule has 18 heavy (non-hydrogen) atoms. The van der Waals surface area contributed by atoms with E-state index < -0.39 is 0 Å². The van der Waals surface area contributed by atoms with Gasteiger partial charge in [-0.15, -0.1) is 0 Å². The van der Waals surface area contributed by atoms with Crippen LogP contribution in [0, 0.1) is 6.92 Å². The van der Waals surface area contributed by atoms with Gasteiger partial charge in [-0.1, -0.05) is 29.8 Å². The van der Waals surface area contributed by atoms with Gasteiger partial charge in [0.1, 0.15) is 0 Å². The van der Waals surface area contributed by atoms with Gasteiger partial charge in [-0.25, -0.2) is 0 Å². The number of nitrogens with two attached hydrogens (primary N) is 1. The molecular formula is C15H17ClN2. The summed E-state index contributed by atoms with van der Waals surface area (Å²) in [6.07, 6.45) is 0. The van der Waals surface area contributed by atoms with Crippen molar-refractivity contribution in [1.82, 2.24) is 0 Å². The Hall–Kier alpha value is -1.67. The van der Waals surface area contributed by atoms with E-state index in [1.165, 1.54) is 5.56 Å². The van der Waals surface area contributed by atoms with Crippen LogP contribution in [-0.2, 0) is 0 Å². The highest BCUT2D eigenvalue weighted by molar-refractivity contribution is 6.30. The number of nitrogen functional groups attached to an aromatic ring is 1. The minimum atomic E-state index is 0.211. The molecule has 2 aromatic rings. The van der Waals surface area contributed by atoms with Crippen molar-refractivity contribution in [2.45, 2.75) is 19.9 Å². The van der Waals surface area contributed by atoms with Gasteiger partial charge < -0.3 is 11.1 Å². The molecule has 0 spiro atoms. The first kappa shape index (κ1) is 12.8. The Balaban J connectivity index is 2.18. The molecule has 0 heterocycles. The fourth-order valence-electron chi connectivity index (χ4n) is 1.88. The molecule has 0 aliphatic carbocycles. The first-order chi connectivity index (χ1) is 8.58. The van der Waals surface area contributed by atoms with Crippen LogP contribution in [0.4, 0.5) is 11.4 Å². The molecule has 0 saturated heterocycles. The predicted octanol–water partition coefficient (Wildman–Crippen LogP) is 4.40. The highest BCUT2D eigenvalue weighted by Crippen LogP contribution is 2.25. The minimum absolute atomic E-state index is 0.211. The molecule has 0 radical (unpaired) electrons. The molecule has 2 aromatic carbocycles. The van der Waals surface area contributed by atoms with Crippen molar-refractivity contribution in [2.24, 2.45) is 0 Å². The van der Waals surface area contributed by atoms with Crippen LogP contribution < -0.4 is 11.1 Å². The molecule has 0 fully saturated rings. The maximum Gasteiger partial charge on any atom is 0.0485 e. The van der Waals surface area contributed by atoms with Crippen LogP contribution in [0.2, 0.25) is 5.02 Å². The number of anilines is 2. The van der Waals surface area contributed by atoms with Gasteiger partial charge in [0.15, 0.2) is 0 Å². The van der Waals surface area contributed by atoms with E-state index in [-0.39, 0.29) is 6.04 Å². The van der Waals surface area contributed by atoms with Gasteiger partial charge in [0, 0.05) is 22.4 Å². The molecule has 3 N–H and O–H groups in total. The number of halogens is 1. The molecule has 0 bridgehead atoms. The standard InChI is InChI=1S/C15H17ClN2/c1-10-14(17)4-3-5-15(10)18-11(2)12-6-8-13(16)9-7-12/h3-9,11,18H,17H2,1-2H3. The van der Waals surface area contributed by atoms with Crippen molar-refractivity contribution >= 4 is 23.0 Å². The molecule has 3 heteroatoms. The summed E-state index contributed by atoms with van der Waals surface area (Å²) in [4.78, 5) is 0. The van der Waals surface area contributed by atoms with Crippen LogP contribution in [0.1, 0.15) is 24.1 Å². The average molecular weight is 261 g/mol. The zero-order valence-electron chi connectivity index (χ0n) is 10.6. The van der Waals surface area contributed by atoms with Crippen molar-refractivity contribution < 1.29 is 0 Å². The van der Waals surface area contributed by atoms with E-state index in [1.54, 1.807) is 0 Å². The lowest BCUT2D eigenvalue weighted by atomic mass is 10.1. The van der Waals surface area contributed by atoms with E-state index in [1.807, 2.05) is 49.4 Å². The Bertz CT molecular complexity index is 535. The summed E-state index contributed by atoms with van der Waals surface area (Å²) in [5.74, 6) is 0. The van der Waals surface area contributed by atoms with Crippen LogP contribution in [0.3, 0.4) is 0 Å². The zero-order chi connectivity index (χ0) is 13.1. The van der Waals surface area contributed by atoms with Crippen molar-refractivity contribution in [2.75, 3.05) is 11.1 Å². The molecule has 0 aromatic heterocycles. The van der Waals surface area contributed by atoms with Crippen molar-refractivity contribution in [3.05, 3.63) is 58.6 Å². The smallest absolute Gasteiger partial charge is 0.0485 e. The van der Waals surface area contributed by atoms with E-state index in [0.717, 1.165) is 22.0 Å². The second kappa shape index (κ2) is 5.32. The van der Waals surface area contributed by atoms with Crippen molar-refractivity contribution in [3.8, 4) is 0 Å². The lowest BCUT2D eigenvalue weighted by Crippen LogP contribution is -2.08. The van der Waals surface area contributed by atoms with Gasteiger partial charge in [-0.3, -0.25) is 0 Å². The van der Waals surface area contributed by atoms with E-state index in [0.29, 0.717) is 0 Å². The molecule has 94 valence electrons. The van der Waals surface area contributed by atoms with Gasteiger partial charge in [0.2, 0.25) is 0 Å². The second-order valence-corrected chi connectivity index (χ2v) is 4.87. The lowest BCUT2D eigenvalue weighted by Gasteiger charge is -2.18. The summed E-state index contributed by atoms with van der Waals surface area (Å²) in [7, 11) is 0. The Kier molecular flexibility index (Phi) is 3.78. The van der Waals surface area contributed by atoms with E-state index in [9.17, 15) is 0 Å². The van der Waals surface area contributed by atoms with Gasteiger partial charge >= 0.3 is 0 Å². The van der Waals surface area contributed by atoms with Gasteiger partial charge in [0.25, 0.3) is 0 Å². The van der Waals surface area contributed by atoms with Crippen LogP contribution in [0.5, 0.6) is 0 Å². The molecule has 0 amide bonds. The summed E-state index contributed by atoms with van der Waals surface area (Å²) in [5, 5.41) is 4.22.